The molecule has 0 heterocycles. The van der Waals surface area contributed by atoms with Crippen molar-refractivity contribution in [3.63, 3.8) is 0 Å². The van der Waals surface area contributed by atoms with Crippen LogP contribution in [0, 0.1) is 17.8 Å². The first-order valence-corrected chi connectivity index (χ1v) is 14.7. The van der Waals surface area contributed by atoms with Gasteiger partial charge in [0.05, 0.1) is 19.4 Å². The van der Waals surface area contributed by atoms with E-state index in [0.717, 1.165) is 32.3 Å². The van der Waals surface area contributed by atoms with E-state index in [2.05, 4.69) is 10.3 Å². The van der Waals surface area contributed by atoms with Gasteiger partial charge in [-0.3, -0.25) is 4.79 Å². The van der Waals surface area contributed by atoms with E-state index < -0.39 is 23.8 Å². The third-order valence-electron chi connectivity index (χ3n) is 6.76. The quantitative estimate of drug-likeness (QED) is 0.124. The summed E-state index contributed by atoms with van der Waals surface area (Å²) < 4.78 is 49.7. The number of methoxy groups -OCH3 is 1. The summed E-state index contributed by atoms with van der Waals surface area (Å²) in [4.78, 5) is 28.8. The minimum atomic E-state index is -4.34. The number of carbonyl (C=O) groups excluding carboxylic acids is 1. The molecule has 0 radical (unpaired) electrons. The molecule has 3 atom stereocenters. The van der Waals surface area contributed by atoms with Gasteiger partial charge in [-0.15, -0.1) is 0 Å². The fourth-order valence-corrected chi connectivity index (χ4v) is 4.42. The van der Waals surface area contributed by atoms with Gasteiger partial charge in [-0.25, -0.2) is 9.79 Å². The van der Waals surface area contributed by atoms with Crippen molar-refractivity contribution in [1.82, 2.24) is 5.32 Å². The van der Waals surface area contributed by atoms with Crippen LogP contribution < -0.4 is 5.32 Å². The number of hydrogen-bond donors (Lipinski definition) is 2. The van der Waals surface area contributed by atoms with Gasteiger partial charge in [0.15, 0.2) is 0 Å². The van der Waals surface area contributed by atoms with Gasteiger partial charge in [-0.05, 0) is 57.3 Å². The van der Waals surface area contributed by atoms with Crippen LogP contribution in [0.1, 0.15) is 93.4 Å². The normalized spacial score (nSPS) is 19.8. The molecule has 1 amide bonds. The number of rotatable bonds is 14. The summed E-state index contributed by atoms with van der Waals surface area (Å²) in [5.41, 5.74) is 0.712. The number of carboxylic acids is 1. The Hall–Kier alpha value is -2.62. The molecule has 0 aromatic rings. The predicted octanol–water partition coefficient (Wildman–Crippen LogP) is 7.63. The van der Waals surface area contributed by atoms with E-state index in [1.807, 2.05) is 33.8 Å². The lowest BCUT2D eigenvalue weighted by molar-refractivity contribution is -0.144. The Balaban J connectivity index is 0.00000781. The summed E-state index contributed by atoms with van der Waals surface area (Å²) in [5.74, 6) is -1.20. The van der Waals surface area contributed by atoms with Crippen LogP contribution in [-0.2, 0) is 19.1 Å². The third-order valence-corrected chi connectivity index (χ3v) is 6.76. The lowest BCUT2D eigenvalue weighted by Gasteiger charge is -2.29. The maximum atomic E-state index is 12.8. The minimum Gasteiger partial charge on any atom is -0.481 e. The molecule has 0 saturated heterocycles. The van der Waals surface area contributed by atoms with E-state index >= 15 is 0 Å². The first-order chi connectivity index (χ1) is 19.3. The first kappa shape index (κ1) is 38.4. The lowest BCUT2D eigenvalue weighted by Crippen LogP contribution is -2.47. The largest absolute Gasteiger partial charge is 0.481 e. The molecular weight excluding hydrogens is 537 g/mol. The molecule has 0 aliphatic heterocycles. The Bertz CT molecular complexity index is 923. The van der Waals surface area contributed by atoms with E-state index in [0.29, 0.717) is 43.0 Å². The second-order valence-corrected chi connectivity index (χ2v) is 10.2. The molecule has 7 nitrogen and oxygen atoms in total. The van der Waals surface area contributed by atoms with Crippen LogP contribution in [0.25, 0.3) is 0 Å². The number of nitrogens with zero attached hydrogens (tertiary/aromatic N) is 1. The summed E-state index contributed by atoms with van der Waals surface area (Å²) >= 11 is 0. The van der Waals surface area contributed by atoms with Gasteiger partial charge in [-0.2, -0.15) is 13.2 Å². The van der Waals surface area contributed by atoms with Gasteiger partial charge in [0.1, 0.15) is 6.04 Å². The number of ether oxygens (including phenoxy) is 2. The molecule has 2 unspecified atom stereocenters. The molecule has 1 rings (SSSR count). The Morgan fingerprint density at radius 2 is 1.78 bits per heavy atom. The highest BCUT2D eigenvalue weighted by molar-refractivity contribution is 5.94. The zero-order valence-electron chi connectivity index (χ0n) is 26.1. The molecule has 2 N–H and O–H groups in total. The van der Waals surface area contributed by atoms with Gasteiger partial charge < -0.3 is 19.9 Å². The van der Waals surface area contributed by atoms with Gasteiger partial charge in [-0.1, -0.05) is 66.2 Å². The number of halogens is 3. The second-order valence-electron chi connectivity index (χ2n) is 10.2. The molecule has 1 fully saturated rings. The van der Waals surface area contributed by atoms with Crippen molar-refractivity contribution in [2.24, 2.45) is 22.7 Å². The maximum Gasteiger partial charge on any atom is 0.412 e. The van der Waals surface area contributed by atoms with E-state index in [-0.39, 0.29) is 36.7 Å². The van der Waals surface area contributed by atoms with Crippen molar-refractivity contribution in [2.45, 2.75) is 106 Å². The number of allylic oxidation sites excluding steroid dienone is 4. The summed E-state index contributed by atoms with van der Waals surface area (Å²) in [5, 5.41) is 12.1. The van der Waals surface area contributed by atoms with Crippen LogP contribution in [0.15, 0.2) is 40.1 Å². The zero-order valence-corrected chi connectivity index (χ0v) is 26.1. The van der Waals surface area contributed by atoms with E-state index in [1.165, 1.54) is 7.11 Å². The van der Waals surface area contributed by atoms with Crippen LogP contribution in [-0.4, -0.2) is 55.4 Å². The van der Waals surface area contributed by atoms with Gasteiger partial charge in [0.2, 0.25) is 11.8 Å². The van der Waals surface area contributed by atoms with Crippen LogP contribution in [0.3, 0.4) is 0 Å². The highest BCUT2D eigenvalue weighted by Gasteiger charge is 2.31. The monoisotopic (exact) mass is 588 g/mol. The van der Waals surface area contributed by atoms with Gasteiger partial charge in [0, 0.05) is 23.7 Å². The maximum absolute atomic E-state index is 12.8. The molecule has 1 aliphatic carbocycles. The molecular formula is C31H51F3N2O5. The summed E-state index contributed by atoms with van der Waals surface area (Å²) in [6, 6.07) is -0.907. The van der Waals surface area contributed by atoms with Crippen molar-refractivity contribution in [2.75, 3.05) is 20.3 Å². The van der Waals surface area contributed by atoms with Crippen LogP contribution in [0.5, 0.6) is 0 Å². The lowest BCUT2D eigenvalue weighted by atomic mass is 9.81. The second kappa shape index (κ2) is 20.3. The SMILES string of the molecule is CC.CC/C=C(COCC1CCCC(C(=O)N[C@H](C(=O)O)C(C)C)C1)/N=C(OC)/C(=C/C/C=C(\C)C(F)(F)F)CC. The first-order valence-electron chi connectivity index (χ1n) is 14.7. The molecule has 0 bridgehead atoms. The predicted molar refractivity (Wildman–Crippen MR) is 158 cm³/mol. The van der Waals surface area contributed by atoms with Crippen molar-refractivity contribution in [3.05, 3.63) is 35.1 Å². The number of hydrogen-bond acceptors (Lipinski definition) is 5. The van der Waals surface area contributed by atoms with Crippen molar-refractivity contribution < 1.29 is 37.3 Å². The van der Waals surface area contributed by atoms with Gasteiger partial charge in [0.25, 0.3) is 0 Å². The highest BCUT2D eigenvalue weighted by atomic mass is 19.4. The fraction of sp³-hybridized carbons (Fsp3) is 0.710. The van der Waals surface area contributed by atoms with E-state index in [9.17, 15) is 27.9 Å². The highest BCUT2D eigenvalue weighted by Crippen LogP contribution is 2.30. The summed E-state index contributed by atoms with van der Waals surface area (Å²) in [6.07, 6.45) is 4.88. The number of alkyl halides is 3. The Morgan fingerprint density at radius 1 is 1.12 bits per heavy atom. The Kier molecular flexibility index (Phi) is 19.0. The molecule has 0 aromatic carbocycles. The molecule has 0 aromatic heterocycles. The van der Waals surface area contributed by atoms with Gasteiger partial charge >= 0.3 is 12.1 Å². The van der Waals surface area contributed by atoms with Crippen molar-refractivity contribution in [1.29, 1.82) is 0 Å². The number of aliphatic imine (C=N–C) groups is 1. The standard InChI is InChI=1S/C29H45F3N2O5.C2H6/c1-7-11-24(33-27(38-6)22(8-2)14-9-12-20(5)29(30,31)32)18-39-17-21-13-10-15-23(16-21)26(35)34-25(19(3)4)28(36)37;1-2/h11-12,14,19,21,23,25H,7-10,13,15-18H2,1-6H3,(H,34,35)(H,36,37);1-2H3/b20-12+,22-14+,24-11+,33-27-;/t21?,23?,25-;/m0./s1. The number of nitrogens with one attached hydrogen (secondary N) is 1. The van der Waals surface area contributed by atoms with Crippen LogP contribution in [0.2, 0.25) is 0 Å². The zero-order chi connectivity index (χ0) is 31.6. The smallest absolute Gasteiger partial charge is 0.412 e. The van der Waals surface area contributed by atoms with Crippen LogP contribution in [0.4, 0.5) is 13.2 Å². The van der Waals surface area contributed by atoms with Crippen LogP contribution >= 0.6 is 0 Å². The van der Waals surface area contributed by atoms with Crippen molar-refractivity contribution >= 4 is 17.8 Å². The molecule has 236 valence electrons. The minimum absolute atomic E-state index is 0.112. The number of aliphatic carboxylic acids is 1. The molecule has 0 spiro atoms. The number of carbonyl (C=O) groups is 2. The Labute approximate surface area is 244 Å². The van der Waals surface area contributed by atoms with Crippen molar-refractivity contribution in [3.8, 4) is 0 Å². The summed E-state index contributed by atoms with van der Waals surface area (Å²) in [7, 11) is 1.48. The molecule has 41 heavy (non-hydrogen) atoms. The summed E-state index contributed by atoms with van der Waals surface area (Å²) in [6.45, 7) is 13.1. The number of carboxylic acid groups (broad SMARTS) is 1. The molecule has 1 aliphatic rings. The average Bonchev–Trinajstić information content (AvgIpc) is 2.93. The molecule has 10 heteroatoms. The molecule has 1 saturated carbocycles. The third kappa shape index (κ3) is 14.7. The van der Waals surface area contributed by atoms with E-state index in [1.54, 1.807) is 19.9 Å². The fourth-order valence-electron chi connectivity index (χ4n) is 4.42. The topological polar surface area (TPSA) is 97.2 Å². The Morgan fingerprint density at radius 3 is 2.29 bits per heavy atom. The van der Waals surface area contributed by atoms with E-state index in [4.69, 9.17) is 9.47 Å². The number of amides is 1. The average molecular weight is 589 g/mol.